The van der Waals surface area contributed by atoms with Gasteiger partial charge in [0.2, 0.25) is 10.0 Å². The van der Waals surface area contributed by atoms with Gasteiger partial charge in [0.1, 0.15) is 5.78 Å². The molecule has 112 valence electrons. The van der Waals surface area contributed by atoms with Crippen molar-refractivity contribution in [3.8, 4) is 0 Å². The first-order valence-corrected chi connectivity index (χ1v) is 8.77. The number of nitrogens with two attached hydrogens (primary N) is 1. The normalized spacial score (nSPS) is 23.5. The molecule has 0 aromatic rings. The predicted molar refractivity (Wildman–Crippen MR) is 76.2 cm³/mol. The van der Waals surface area contributed by atoms with E-state index in [1.54, 1.807) is 0 Å². The first-order valence-electron chi connectivity index (χ1n) is 6.92. The van der Waals surface area contributed by atoms with Crippen LogP contribution in [0.25, 0.3) is 0 Å². The molecule has 0 amide bonds. The van der Waals surface area contributed by atoms with Crippen molar-refractivity contribution in [3.05, 3.63) is 0 Å². The van der Waals surface area contributed by atoms with Crippen LogP contribution in [0.2, 0.25) is 0 Å². The lowest BCUT2D eigenvalue weighted by Gasteiger charge is -2.30. The van der Waals surface area contributed by atoms with Gasteiger partial charge in [-0.3, -0.25) is 4.79 Å². The lowest BCUT2D eigenvalue weighted by Crippen LogP contribution is -2.40. The number of hydrogen-bond donors (Lipinski definition) is 1. The Kier molecular flexibility index (Phi) is 5.95. The topological polar surface area (TPSA) is 80.5 Å². The van der Waals surface area contributed by atoms with Crippen LogP contribution in [0.15, 0.2) is 0 Å². The lowest BCUT2D eigenvalue weighted by atomic mass is 9.90. The summed E-state index contributed by atoms with van der Waals surface area (Å²) in [5.41, 5.74) is 5.89. The third kappa shape index (κ3) is 5.58. The Hall–Kier alpha value is -0.460. The standard InChI is InChI=1S/C13H26N2O3S/c1-10(2)13(14)8-12(16)7-11-5-4-6-15(9-11)19(3,17)18/h10-11,13H,4-9,14H2,1-3H3. The zero-order valence-corrected chi connectivity index (χ0v) is 12.9. The molecule has 0 aromatic heterocycles. The molecule has 1 aliphatic rings. The summed E-state index contributed by atoms with van der Waals surface area (Å²) >= 11 is 0. The van der Waals surface area contributed by atoms with Gasteiger partial charge < -0.3 is 5.73 Å². The molecule has 6 heteroatoms. The molecule has 0 saturated carbocycles. The Balaban J connectivity index is 2.47. The summed E-state index contributed by atoms with van der Waals surface area (Å²) in [4.78, 5) is 11.9. The first kappa shape index (κ1) is 16.6. The quantitative estimate of drug-likeness (QED) is 0.791. The van der Waals surface area contributed by atoms with Gasteiger partial charge in [0, 0.05) is 32.0 Å². The van der Waals surface area contributed by atoms with E-state index in [1.165, 1.54) is 10.6 Å². The Labute approximate surface area is 116 Å². The first-order chi connectivity index (χ1) is 8.70. The van der Waals surface area contributed by atoms with Gasteiger partial charge in [-0.05, 0) is 24.7 Å². The highest BCUT2D eigenvalue weighted by Crippen LogP contribution is 2.22. The van der Waals surface area contributed by atoms with Gasteiger partial charge in [0.25, 0.3) is 0 Å². The number of nitrogens with zero attached hydrogens (tertiary/aromatic N) is 1. The molecular weight excluding hydrogens is 264 g/mol. The number of sulfonamides is 1. The second-order valence-electron chi connectivity index (χ2n) is 5.98. The van der Waals surface area contributed by atoms with E-state index in [0.717, 1.165) is 12.8 Å². The predicted octanol–water partition coefficient (Wildman–Crippen LogP) is 0.991. The van der Waals surface area contributed by atoms with Crippen molar-refractivity contribution >= 4 is 15.8 Å². The molecule has 1 saturated heterocycles. The van der Waals surface area contributed by atoms with E-state index in [2.05, 4.69) is 0 Å². The van der Waals surface area contributed by atoms with Crippen molar-refractivity contribution < 1.29 is 13.2 Å². The number of carbonyl (C=O) groups is 1. The minimum absolute atomic E-state index is 0.0953. The zero-order chi connectivity index (χ0) is 14.6. The van der Waals surface area contributed by atoms with Crippen molar-refractivity contribution in [1.82, 2.24) is 4.31 Å². The highest BCUT2D eigenvalue weighted by Gasteiger charge is 2.27. The SMILES string of the molecule is CC(C)C(N)CC(=O)CC1CCCN(S(C)(=O)=O)C1. The second-order valence-corrected chi connectivity index (χ2v) is 7.97. The molecule has 0 radical (unpaired) electrons. The Morgan fingerprint density at radius 2 is 2.05 bits per heavy atom. The van der Waals surface area contributed by atoms with E-state index in [9.17, 15) is 13.2 Å². The largest absolute Gasteiger partial charge is 0.327 e. The maximum Gasteiger partial charge on any atom is 0.211 e. The van der Waals surface area contributed by atoms with Crippen LogP contribution in [-0.4, -0.2) is 43.9 Å². The van der Waals surface area contributed by atoms with Crippen LogP contribution in [0.5, 0.6) is 0 Å². The van der Waals surface area contributed by atoms with E-state index >= 15 is 0 Å². The maximum atomic E-state index is 11.9. The molecule has 1 rings (SSSR count). The van der Waals surface area contributed by atoms with Crippen LogP contribution in [0.4, 0.5) is 0 Å². The number of rotatable bonds is 6. The molecular formula is C13H26N2O3S. The van der Waals surface area contributed by atoms with E-state index in [1.807, 2.05) is 13.8 Å². The van der Waals surface area contributed by atoms with E-state index in [-0.39, 0.29) is 17.7 Å². The number of piperidine rings is 1. The van der Waals surface area contributed by atoms with Crippen molar-refractivity contribution in [1.29, 1.82) is 0 Å². The Morgan fingerprint density at radius 3 is 2.58 bits per heavy atom. The van der Waals surface area contributed by atoms with Crippen LogP contribution in [0, 0.1) is 11.8 Å². The molecule has 1 aliphatic heterocycles. The Morgan fingerprint density at radius 1 is 1.42 bits per heavy atom. The van der Waals surface area contributed by atoms with Crippen LogP contribution in [0.1, 0.15) is 39.5 Å². The Bertz CT molecular complexity index is 406. The van der Waals surface area contributed by atoms with Crippen LogP contribution in [0.3, 0.4) is 0 Å². The summed E-state index contributed by atoms with van der Waals surface area (Å²) in [7, 11) is -3.13. The summed E-state index contributed by atoms with van der Waals surface area (Å²) in [5.74, 6) is 0.597. The fourth-order valence-corrected chi connectivity index (χ4v) is 3.34. The fraction of sp³-hybridized carbons (Fsp3) is 0.923. The van der Waals surface area contributed by atoms with Crippen LogP contribution >= 0.6 is 0 Å². The van der Waals surface area contributed by atoms with Crippen LogP contribution < -0.4 is 5.73 Å². The molecule has 2 N–H and O–H groups in total. The smallest absolute Gasteiger partial charge is 0.211 e. The van der Waals surface area contributed by atoms with Gasteiger partial charge in [-0.25, -0.2) is 12.7 Å². The van der Waals surface area contributed by atoms with E-state index in [0.29, 0.717) is 31.8 Å². The van der Waals surface area contributed by atoms with Crippen molar-refractivity contribution in [2.24, 2.45) is 17.6 Å². The molecule has 19 heavy (non-hydrogen) atoms. The maximum absolute atomic E-state index is 11.9. The summed E-state index contributed by atoms with van der Waals surface area (Å²) in [6.07, 6.45) is 3.83. The molecule has 0 bridgehead atoms. The highest BCUT2D eigenvalue weighted by atomic mass is 32.2. The van der Waals surface area contributed by atoms with Crippen molar-refractivity contribution in [3.63, 3.8) is 0 Å². The summed E-state index contributed by atoms with van der Waals surface area (Å²) in [5, 5.41) is 0. The van der Waals surface area contributed by atoms with Crippen molar-refractivity contribution in [2.75, 3.05) is 19.3 Å². The summed E-state index contributed by atoms with van der Waals surface area (Å²) in [6, 6.07) is -0.0953. The lowest BCUT2D eigenvalue weighted by molar-refractivity contribution is -0.120. The summed E-state index contributed by atoms with van der Waals surface area (Å²) < 4.78 is 24.5. The van der Waals surface area contributed by atoms with Gasteiger partial charge in [0.15, 0.2) is 0 Å². The molecule has 1 heterocycles. The number of carbonyl (C=O) groups excluding carboxylic acids is 1. The van der Waals surface area contributed by atoms with Crippen molar-refractivity contribution in [2.45, 2.75) is 45.6 Å². The molecule has 1 fully saturated rings. The molecule has 0 spiro atoms. The van der Waals surface area contributed by atoms with Gasteiger partial charge in [-0.1, -0.05) is 13.8 Å². The van der Waals surface area contributed by atoms with Gasteiger partial charge in [-0.2, -0.15) is 0 Å². The third-order valence-corrected chi connectivity index (χ3v) is 5.06. The molecule has 2 unspecified atom stereocenters. The van der Waals surface area contributed by atoms with E-state index in [4.69, 9.17) is 5.73 Å². The zero-order valence-electron chi connectivity index (χ0n) is 12.1. The van der Waals surface area contributed by atoms with Crippen LogP contribution in [-0.2, 0) is 14.8 Å². The average Bonchev–Trinajstić information content (AvgIpc) is 2.27. The minimum atomic E-state index is -3.13. The highest BCUT2D eigenvalue weighted by molar-refractivity contribution is 7.88. The monoisotopic (exact) mass is 290 g/mol. The van der Waals surface area contributed by atoms with E-state index < -0.39 is 10.0 Å². The second kappa shape index (κ2) is 6.81. The number of hydrogen-bond acceptors (Lipinski definition) is 4. The number of Topliss-reactive ketones (excluding diaryl/α,β-unsaturated/α-hetero) is 1. The van der Waals surface area contributed by atoms with Gasteiger partial charge in [0.05, 0.1) is 6.26 Å². The summed E-state index contributed by atoms with van der Waals surface area (Å²) in [6.45, 7) is 5.06. The minimum Gasteiger partial charge on any atom is -0.327 e. The molecule has 0 aromatic carbocycles. The third-order valence-electron chi connectivity index (χ3n) is 3.79. The molecule has 0 aliphatic carbocycles. The number of ketones is 1. The fourth-order valence-electron chi connectivity index (χ4n) is 2.40. The van der Waals surface area contributed by atoms with Gasteiger partial charge >= 0.3 is 0 Å². The van der Waals surface area contributed by atoms with Gasteiger partial charge in [-0.15, -0.1) is 0 Å². The molecule has 5 nitrogen and oxygen atoms in total. The molecule has 2 atom stereocenters. The average molecular weight is 290 g/mol.